The van der Waals surface area contributed by atoms with Gasteiger partial charge in [-0.1, -0.05) is 23.2 Å². The molecule has 0 fully saturated rings. The first-order valence-corrected chi connectivity index (χ1v) is 8.60. The molecular formula is C17H16Cl2N4O5. The molecule has 148 valence electrons. The fraction of sp³-hybridized carbons (Fsp3) is 0.235. The Hall–Kier alpha value is -2.91. The van der Waals surface area contributed by atoms with Crippen LogP contribution in [0.2, 0.25) is 10.0 Å². The number of anilines is 2. The standard InChI is InChI=1S/C17H16Cl2N4O5/c1-9-11(18)7-20-16(15(9)19)21-14(24)8-28-17(25)10-4-5-12(22(2)3)13(6-10)23(26)27/h4-7H,8H2,1-3H3,(H,20,21,24). The lowest BCUT2D eigenvalue weighted by atomic mass is 10.1. The highest BCUT2D eigenvalue weighted by Crippen LogP contribution is 2.29. The van der Waals surface area contributed by atoms with Crippen LogP contribution in [-0.2, 0) is 9.53 Å². The number of aromatic nitrogens is 1. The molecular weight excluding hydrogens is 411 g/mol. The number of carbonyl (C=O) groups is 2. The smallest absolute Gasteiger partial charge is 0.338 e. The highest BCUT2D eigenvalue weighted by Gasteiger charge is 2.20. The summed E-state index contributed by atoms with van der Waals surface area (Å²) in [6.07, 6.45) is 1.33. The third-order valence-electron chi connectivity index (χ3n) is 3.68. The van der Waals surface area contributed by atoms with Crippen LogP contribution in [0.25, 0.3) is 0 Å². The predicted molar refractivity (Wildman–Crippen MR) is 105 cm³/mol. The first kappa shape index (κ1) is 21.4. The predicted octanol–water partition coefficient (Wildman–Crippen LogP) is 3.47. The fourth-order valence-electron chi connectivity index (χ4n) is 2.20. The zero-order valence-corrected chi connectivity index (χ0v) is 16.7. The Labute approximate surface area is 170 Å². The fourth-order valence-corrected chi connectivity index (χ4v) is 2.59. The molecule has 11 heteroatoms. The average molecular weight is 427 g/mol. The van der Waals surface area contributed by atoms with Gasteiger partial charge in [-0.3, -0.25) is 14.9 Å². The molecule has 0 aliphatic heterocycles. The van der Waals surface area contributed by atoms with Gasteiger partial charge in [-0.25, -0.2) is 9.78 Å². The first-order valence-electron chi connectivity index (χ1n) is 7.85. The summed E-state index contributed by atoms with van der Waals surface area (Å²) in [6, 6.07) is 3.90. The van der Waals surface area contributed by atoms with E-state index in [4.69, 9.17) is 27.9 Å². The molecule has 0 spiro atoms. The highest BCUT2D eigenvalue weighted by atomic mass is 35.5. The molecule has 28 heavy (non-hydrogen) atoms. The third kappa shape index (κ3) is 4.87. The van der Waals surface area contributed by atoms with Crippen LogP contribution < -0.4 is 10.2 Å². The van der Waals surface area contributed by atoms with Gasteiger partial charge >= 0.3 is 5.97 Å². The lowest BCUT2D eigenvalue weighted by Gasteiger charge is -2.13. The number of pyridine rings is 1. The quantitative estimate of drug-likeness (QED) is 0.427. The summed E-state index contributed by atoms with van der Waals surface area (Å²) in [6.45, 7) is 1.04. The van der Waals surface area contributed by atoms with Crippen molar-refractivity contribution < 1.29 is 19.2 Å². The monoisotopic (exact) mass is 426 g/mol. The minimum absolute atomic E-state index is 0.0522. The molecule has 1 aromatic heterocycles. The molecule has 1 N–H and O–H groups in total. The number of ether oxygens (including phenoxy) is 1. The largest absolute Gasteiger partial charge is 0.452 e. The van der Waals surface area contributed by atoms with Crippen molar-refractivity contribution in [2.75, 3.05) is 30.9 Å². The summed E-state index contributed by atoms with van der Waals surface area (Å²) >= 11 is 11.9. The first-order chi connectivity index (χ1) is 13.1. The SMILES string of the molecule is Cc1c(Cl)cnc(NC(=O)COC(=O)c2ccc(N(C)C)c([N+](=O)[O-])c2)c1Cl. The minimum atomic E-state index is -0.880. The topological polar surface area (TPSA) is 115 Å². The highest BCUT2D eigenvalue weighted by molar-refractivity contribution is 6.37. The number of nitrogens with one attached hydrogen (secondary N) is 1. The van der Waals surface area contributed by atoms with E-state index in [0.717, 1.165) is 6.07 Å². The van der Waals surface area contributed by atoms with E-state index in [0.29, 0.717) is 16.3 Å². The van der Waals surface area contributed by atoms with E-state index in [1.54, 1.807) is 25.9 Å². The summed E-state index contributed by atoms with van der Waals surface area (Å²) in [5.74, 6) is -1.48. The molecule has 0 atom stereocenters. The number of nitro groups is 1. The van der Waals surface area contributed by atoms with Crippen LogP contribution in [0, 0.1) is 17.0 Å². The van der Waals surface area contributed by atoms with Gasteiger partial charge in [0.25, 0.3) is 11.6 Å². The summed E-state index contributed by atoms with van der Waals surface area (Å²) in [5.41, 5.74) is 0.567. The van der Waals surface area contributed by atoms with Gasteiger partial charge in [-0.05, 0) is 24.6 Å². The van der Waals surface area contributed by atoms with Crippen molar-refractivity contribution in [3.63, 3.8) is 0 Å². The lowest BCUT2D eigenvalue weighted by Crippen LogP contribution is -2.22. The molecule has 1 heterocycles. The van der Waals surface area contributed by atoms with Crippen molar-refractivity contribution in [3.05, 3.63) is 55.7 Å². The van der Waals surface area contributed by atoms with E-state index in [-0.39, 0.29) is 22.1 Å². The normalized spacial score (nSPS) is 10.3. The number of rotatable bonds is 6. The molecule has 0 saturated carbocycles. The molecule has 2 aromatic rings. The number of hydrogen-bond donors (Lipinski definition) is 1. The van der Waals surface area contributed by atoms with E-state index >= 15 is 0 Å². The second-order valence-corrected chi connectivity index (χ2v) is 6.66. The Balaban J connectivity index is 2.06. The van der Waals surface area contributed by atoms with Crippen LogP contribution in [-0.4, -0.2) is 42.5 Å². The third-order valence-corrected chi connectivity index (χ3v) is 4.53. The van der Waals surface area contributed by atoms with Gasteiger partial charge in [0, 0.05) is 26.4 Å². The van der Waals surface area contributed by atoms with Crippen molar-refractivity contribution in [1.82, 2.24) is 4.98 Å². The van der Waals surface area contributed by atoms with Gasteiger partial charge in [0.2, 0.25) is 0 Å². The van der Waals surface area contributed by atoms with E-state index < -0.39 is 23.4 Å². The van der Waals surface area contributed by atoms with Crippen LogP contribution in [0.15, 0.2) is 24.4 Å². The Morgan fingerprint density at radius 1 is 1.32 bits per heavy atom. The molecule has 0 aliphatic rings. The van der Waals surface area contributed by atoms with Crippen LogP contribution in [0.5, 0.6) is 0 Å². The van der Waals surface area contributed by atoms with Gasteiger partial charge in [-0.15, -0.1) is 0 Å². The Morgan fingerprint density at radius 3 is 2.61 bits per heavy atom. The summed E-state index contributed by atoms with van der Waals surface area (Å²) in [5, 5.41) is 14.1. The number of nitro benzene ring substituents is 1. The molecule has 1 amide bonds. The maximum atomic E-state index is 12.1. The summed E-state index contributed by atoms with van der Waals surface area (Å²) in [4.78, 5) is 40.1. The second kappa shape index (κ2) is 8.85. The van der Waals surface area contributed by atoms with Gasteiger partial charge < -0.3 is 15.0 Å². The molecule has 0 bridgehead atoms. The molecule has 0 saturated heterocycles. The zero-order valence-electron chi connectivity index (χ0n) is 15.2. The molecule has 0 aliphatic carbocycles. The number of halogens is 2. The Kier molecular flexibility index (Phi) is 6.76. The number of hydrogen-bond acceptors (Lipinski definition) is 7. The average Bonchev–Trinajstić information content (AvgIpc) is 2.65. The van der Waals surface area contributed by atoms with E-state index in [9.17, 15) is 19.7 Å². The van der Waals surface area contributed by atoms with Crippen LogP contribution in [0.3, 0.4) is 0 Å². The number of benzene rings is 1. The van der Waals surface area contributed by atoms with Crippen LogP contribution in [0.4, 0.5) is 17.2 Å². The summed E-state index contributed by atoms with van der Waals surface area (Å²) < 4.78 is 4.91. The number of esters is 1. The minimum Gasteiger partial charge on any atom is -0.452 e. The van der Waals surface area contributed by atoms with E-state index in [1.165, 1.54) is 18.3 Å². The van der Waals surface area contributed by atoms with Crippen LogP contribution in [0.1, 0.15) is 15.9 Å². The van der Waals surface area contributed by atoms with Gasteiger partial charge in [0.05, 0.1) is 20.5 Å². The maximum Gasteiger partial charge on any atom is 0.338 e. The van der Waals surface area contributed by atoms with Gasteiger partial charge in [-0.2, -0.15) is 0 Å². The Bertz CT molecular complexity index is 949. The molecule has 0 unspecified atom stereocenters. The van der Waals surface area contributed by atoms with Crippen molar-refractivity contribution in [2.45, 2.75) is 6.92 Å². The zero-order chi connectivity index (χ0) is 21.0. The van der Waals surface area contributed by atoms with E-state index in [2.05, 4.69) is 10.3 Å². The number of amides is 1. The number of carbonyl (C=O) groups excluding carboxylic acids is 2. The van der Waals surface area contributed by atoms with Gasteiger partial charge in [0.1, 0.15) is 5.69 Å². The molecule has 1 aromatic carbocycles. The second-order valence-electron chi connectivity index (χ2n) is 5.87. The molecule has 0 radical (unpaired) electrons. The van der Waals surface area contributed by atoms with E-state index in [1.807, 2.05) is 0 Å². The van der Waals surface area contributed by atoms with Crippen molar-refractivity contribution >= 4 is 52.3 Å². The maximum absolute atomic E-state index is 12.1. The molecule has 2 rings (SSSR count). The lowest BCUT2D eigenvalue weighted by molar-refractivity contribution is -0.384. The van der Waals surface area contributed by atoms with Crippen LogP contribution >= 0.6 is 23.2 Å². The number of nitrogens with zero attached hydrogens (tertiary/aromatic N) is 3. The van der Waals surface area contributed by atoms with Gasteiger partial charge in [0.15, 0.2) is 12.4 Å². The van der Waals surface area contributed by atoms with Crippen molar-refractivity contribution in [3.8, 4) is 0 Å². The molecule has 9 nitrogen and oxygen atoms in total. The summed E-state index contributed by atoms with van der Waals surface area (Å²) in [7, 11) is 3.28. The van der Waals surface area contributed by atoms with Crippen molar-refractivity contribution in [1.29, 1.82) is 0 Å². The Morgan fingerprint density at radius 2 is 2.00 bits per heavy atom. The van der Waals surface area contributed by atoms with Crippen molar-refractivity contribution in [2.24, 2.45) is 0 Å².